The molecule has 0 spiro atoms. The Hall–Kier alpha value is -0.810. The fraction of sp³-hybridized carbons (Fsp3) is 0.444. The lowest BCUT2D eigenvalue weighted by Gasteiger charge is -2.18. The van der Waals surface area contributed by atoms with Crippen LogP contribution in [0.2, 0.25) is 0 Å². The van der Waals surface area contributed by atoms with Crippen LogP contribution in [0.25, 0.3) is 0 Å². The van der Waals surface area contributed by atoms with Gasteiger partial charge in [0.25, 0.3) is 0 Å². The van der Waals surface area contributed by atoms with Crippen LogP contribution in [-0.4, -0.2) is 22.2 Å². The summed E-state index contributed by atoms with van der Waals surface area (Å²) < 4.78 is 0.793. The quantitative estimate of drug-likeness (QED) is 0.772. The minimum absolute atomic E-state index is 0.433. The lowest BCUT2D eigenvalue weighted by molar-refractivity contribution is 0.0944. The number of nitrogens with one attached hydrogen (secondary N) is 1. The smallest absolute Gasteiger partial charge is 0.140 e. The summed E-state index contributed by atoms with van der Waals surface area (Å²) in [6.07, 6.45) is 1.57. The van der Waals surface area contributed by atoms with E-state index < -0.39 is 5.60 Å². The van der Waals surface area contributed by atoms with E-state index in [9.17, 15) is 5.11 Å². The van der Waals surface area contributed by atoms with Crippen molar-refractivity contribution in [1.82, 2.24) is 4.98 Å². The molecule has 4 N–H and O–H groups in total. The van der Waals surface area contributed by atoms with Gasteiger partial charge in [0.15, 0.2) is 0 Å². The molecule has 14 heavy (non-hydrogen) atoms. The Labute approximate surface area is 91.7 Å². The molecular formula is C9H14BrN3O. The highest BCUT2D eigenvalue weighted by atomic mass is 79.9. The molecule has 1 rings (SSSR count). The van der Waals surface area contributed by atoms with Crippen LogP contribution >= 0.6 is 15.9 Å². The van der Waals surface area contributed by atoms with E-state index in [1.165, 1.54) is 0 Å². The zero-order valence-corrected chi connectivity index (χ0v) is 9.80. The van der Waals surface area contributed by atoms with Gasteiger partial charge in [-0.3, -0.25) is 0 Å². The molecule has 1 aromatic heterocycles. The average Bonchev–Trinajstić information content (AvgIpc) is 2.00. The van der Waals surface area contributed by atoms with Gasteiger partial charge in [-0.05, 0) is 35.8 Å². The van der Waals surface area contributed by atoms with Crippen LogP contribution in [0, 0.1) is 0 Å². The topological polar surface area (TPSA) is 71.2 Å². The maximum absolute atomic E-state index is 9.49. The van der Waals surface area contributed by atoms with E-state index in [1.807, 2.05) is 0 Å². The van der Waals surface area contributed by atoms with E-state index in [1.54, 1.807) is 26.1 Å². The molecule has 0 saturated heterocycles. The van der Waals surface area contributed by atoms with Crippen LogP contribution in [-0.2, 0) is 0 Å². The maximum Gasteiger partial charge on any atom is 0.140 e. The highest BCUT2D eigenvalue weighted by Crippen LogP contribution is 2.22. The Morgan fingerprint density at radius 2 is 2.29 bits per heavy atom. The zero-order chi connectivity index (χ0) is 10.8. The first-order valence-corrected chi connectivity index (χ1v) is 5.05. The summed E-state index contributed by atoms with van der Waals surface area (Å²) in [4.78, 5) is 4.09. The van der Waals surface area contributed by atoms with Gasteiger partial charge in [-0.25, -0.2) is 4.98 Å². The lowest BCUT2D eigenvalue weighted by atomic mass is 10.1. The molecule has 0 radical (unpaired) electrons. The third-order valence-electron chi connectivity index (χ3n) is 1.55. The van der Waals surface area contributed by atoms with Crippen molar-refractivity contribution >= 4 is 27.4 Å². The van der Waals surface area contributed by atoms with E-state index in [2.05, 4.69) is 26.2 Å². The second kappa shape index (κ2) is 4.14. The molecule has 0 atom stereocenters. The number of aromatic nitrogens is 1. The molecule has 1 heterocycles. The van der Waals surface area contributed by atoms with Crippen molar-refractivity contribution in [3.8, 4) is 0 Å². The Bertz CT molecular complexity index is 322. The van der Waals surface area contributed by atoms with Crippen LogP contribution in [0.3, 0.4) is 0 Å². The van der Waals surface area contributed by atoms with Crippen LogP contribution < -0.4 is 11.1 Å². The summed E-state index contributed by atoms with van der Waals surface area (Å²) in [5, 5.41) is 12.5. The molecule has 0 saturated carbocycles. The molecule has 0 aromatic carbocycles. The summed E-state index contributed by atoms with van der Waals surface area (Å²) in [7, 11) is 0. The van der Waals surface area contributed by atoms with E-state index >= 15 is 0 Å². The molecule has 0 aliphatic rings. The normalized spacial score (nSPS) is 11.4. The van der Waals surface area contributed by atoms with Gasteiger partial charge in [-0.2, -0.15) is 0 Å². The Balaban J connectivity index is 2.68. The number of hydrogen-bond acceptors (Lipinski definition) is 4. The Morgan fingerprint density at radius 3 is 2.79 bits per heavy atom. The molecule has 1 aromatic rings. The van der Waals surface area contributed by atoms with Gasteiger partial charge < -0.3 is 16.2 Å². The summed E-state index contributed by atoms with van der Waals surface area (Å²) in [5.41, 5.74) is 5.38. The first-order chi connectivity index (χ1) is 6.38. The fourth-order valence-corrected chi connectivity index (χ4v) is 1.39. The third kappa shape index (κ3) is 3.51. The molecule has 0 fully saturated rings. The summed E-state index contributed by atoms with van der Waals surface area (Å²) >= 11 is 3.33. The number of nitrogen functional groups attached to an aromatic ring is 1. The molecule has 0 amide bonds. The standard InChI is InChI=1S/C9H14BrN3O/c1-9(2,14)5-13-8-7(10)3-6(11)4-12-8/h3-4,14H,5,11H2,1-2H3,(H,12,13). The second-order valence-corrected chi connectivity index (χ2v) is 4.62. The van der Waals surface area contributed by atoms with Gasteiger partial charge in [-0.1, -0.05) is 0 Å². The monoisotopic (exact) mass is 259 g/mol. The number of rotatable bonds is 3. The molecule has 78 valence electrons. The fourth-order valence-electron chi connectivity index (χ4n) is 0.883. The number of nitrogens with two attached hydrogens (primary N) is 1. The summed E-state index contributed by atoms with van der Waals surface area (Å²) in [5.74, 6) is 0.682. The van der Waals surface area contributed by atoms with E-state index in [0.29, 0.717) is 18.1 Å². The van der Waals surface area contributed by atoms with E-state index in [4.69, 9.17) is 5.73 Å². The van der Waals surface area contributed by atoms with Crippen LogP contribution in [0.1, 0.15) is 13.8 Å². The number of anilines is 2. The van der Waals surface area contributed by atoms with Crippen LogP contribution in [0.4, 0.5) is 11.5 Å². The van der Waals surface area contributed by atoms with Gasteiger partial charge in [0.05, 0.1) is 22.0 Å². The van der Waals surface area contributed by atoms with Crippen molar-refractivity contribution in [3.63, 3.8) is 0 Å². The van der Waals surface area contributed by atoms with Crippen molar-refractivity contribution in [1.29, 1.82) is 0 Å². The maximum atomic E-state index is 9.49. The van der Waals surface area contributed by atoms with Crippen LogP contribution in [0.5, 0.6) is 0 Å². The predicted octanol–water partition coefficient (Wildman–Crippen LogP) is 1.61. The number of pyridine rings is 1. The van der Waals surface area contributed by atoms with Gasteiger partial charge in [0.2, 0.25) is 0 Å². The third-order valence-corrected chi connectivity index (χ3v) is 2.16. The molecule has 4 nitrogen and oxygen atoms in total. The van der Waals surface area contributed by atoms with Gasteiger partial charge in [-0.15, -0.1) is 0 Å². The van der Waals surface area contributed by atoms with Gasteiger partial charge in [0.1, 0.15) is 5.82 Å². The van der Waals surface area contributed by atoms with Crippen molar-refractivity contribution in [2.45, 2.75) is 19.4 Å². The van der Waals surface area contributed by atoms with Crippen molar-refractivity contribution < 1.29 is 5.11 Å². The Kier molecular flexibility index (Phi) is 3.34. The van der Waals surface area contributed by atoms with E-state index in [-0.39, 0.29) is 0 Å². The number of halogens is 1. The minimum Gasteiger partial charge on any atom is -0.397 e. The lowest BCUT2D eigenvalue weighted by Crippen LogP contribution is -2.29. The van der Waals surface area contributed by atoms with Crippen molar-refractivity contribution in [2.75, 3.05) is 17.6 Å². The van der Waals surface area contributed by atoms with Gasteiger partial charge >= 0.3 is 0 Å². The summed E-state index contributed by atoms with van der Waals surface area (Å²) in [6.45, 7) is 3.89. The van der Waals surface area contributed by atoms with Gasteiger partial charge in [0, 0.05) is 6.54 Å². The first kappa shape index (κ1) is 11.3. The first-order valence-electron chi connectivity index (χ1n) is 4.26. The molecular weight excluding hydrogens is 246 g/mol. The average molecular weight is 260 g/mol. The second-order valence-electron chi connectivity index (χ2n) is 3.77. The molecule has 0 unspecified atom stereocenters. The highest BCUT2D eigenvalue weighted by molar-refractivity contribution is 9.10. The minimum atomic E-state index is -0.761. The number of nitrogens with zero attached hydrogens (tertiary/aromatic N) is 1. The molecule has 5 heteroatoms. The molecule has 0 aliphatic heterocycles. The SMILES string of the molecule is CC(C)(O)CNc1ncc(N)cc1Br. The van der Waals surface area contributed by atoms with E-state index in [0.717, 1.165) is 4.47 Å². The van der Waals surface area contributed by atoms with Crippen LogP contribution in [0.15, 0.2) is 16.7 Å². The number of aliphatic hydroxyl groups is 1. The highest BCUT2D eigenvalue weighted by Gasteiger charge is 2.12. The molecule has 0 aliphatic carbocycles. The predicted molar refractivity (Wildman–Crippen MR) is 61.1 cm³/mol. The molecule has 0 bridgehead atoms. The largest absolute Gasteiger partial charge is 0.397 e. The summed E-state index contributed by atoms with van der Waals surface area (Å²) in [6, 6.07) is 1.76. The number of hydrogen-bond donors (Lipinski definition) is 3. The zero-order valence-electron chi connectivity index (χ0n) is 8.21. The van der Waals surface area contributed by atoms with Crippen molar-refractivity contribution in [3.05, 3.63) is 16.7 Å². The Morgan fingerprint density at radius 1 is 1.64 bits per heavy atom. The van der Waals surface area contributed by atoms with Crippen molar-refractivity contribution in [2.24, 2.45) is 0 Å².